The van der Waals surface area contributed by atoms with Gasteiger partial charge in [0.2, 0.25) is 0 Å². The molecule has 0 aromatic heterocycles. The van der Waals surface area contributed by atoms with E-state index in [4.69, 9.17) is 5.11 Å². The Kier molecular flexibility index (Phi) is 2.63. The van der Waals surface area contributed by atoms with E-state index in [1.807, 2.05) is 12.1 Å². The van der Waals surface area contributed by atoms with E-state index < -0.39 is 0 Å². The second-order valence-electron chi connectivity index (χ2n) is 2.14. The number of aromatic hydroxyl groups is 1. The van der Waals surface area contributed by atoms with Crippen molar-refractivity contribution in [3.8, 4) is 5.75 Å². The second kappa shape index (κ2) is 3.52. The zero-order chi connectivity index (χ0) is 7.40. The zero-order valence-corrected chi connectivity index (χ0v) is 6.51. The van der Waals surface area contributed by atoms with Crippen LogP contribution < -0.4 is 0 Å². The minimum absolute atomic E-state index is 0.322. The van der Waals surface area contributed by atoms with Crippen molar-refractivity contribution < 1.29 is 5.11 Å². The summed E-state index contributed by atoms with van der Waals surface area (Å²) in [4.78, 5) is 0. The molecule has 1 N–H and O–H groups in total. The molecule has 0 heterocycles. The Morgan fingerprint density at radius 3 is 2.30 bits per heavy atom. The summed E-state index contributed by atoms with van der Waals surface area (Å²) in [5, 5.41) is 8.91. The largest absolute Gasteiger partial charge is 0.508 e. The van der Waals surface area contributed by atoms with Crippen LogP contribution in [0.3, 0.4) is 0 Å². The van der Waals surface area contributed by atoms with Crippen molar-refractivity contribution in [2.45, 2.75) is 6.42 Å². The first-order valence-corrected chi connectivity index (χ1v) is 3.85. The van der Waals surface area contributed by atoms with Crippen molar-refractivity contribution in [1.29, 1.82) is 0 Å². The molecule has 1 nitrogen and oxygen atoms in total. The Morgan fingerprint density at radius 1 is 1.20 bits per heavy atom. The van der Waals surface area contributed by atoms with E-state index in [1.165, 1.54) is 5.56 Å². The van der Waals surface area contributed by atoms with Crippen LogP contribution in [0.5, 0.6) is 5.75 Å². The molecule has 1 rings (SSSR count). The SMILES string of the molecule is Oc1ccc(CCS)cc1. The fourth-order valence-corrected chi connectivity index (χ4v) is 1.05. The summed E-state index contributed by atoms with van der Waals surface area (Å²) in [6.07, 6.45) is 0.962. The van der Waals surface area contributed by atoms with Gasteiger partial charge in [0, 0.05) is 0 Å². The van der Waals surface area contributed by atoms with Crippen LogP contribution in [-0.2, 0) is 6.42 Å². The predicted octanol–water partition coefficient (Wildman–Crippen LogP) is 1.86. The van der Waals surface area contributed by atoms with Gasteiger partial charge in [0.1, 0.15) is 5.75 Å². The lowest BCUT2D eigenvalue weighted by Gasteiger charge is -1.96. The van der Waals surface area contributed by atoms with Gasteiger partial charge in [-0.25, -0.2) is 0 Å². The Hall–Kier alpha value is -0.630. The summed E-state index contributed by atoms with van der Waals surface area (Å²) in [6.45, 7) is 0. The molecule has 0 saturated carbocycles. The number of benzene rings is 1. The summed E-state index contributed by atoms with van der Waals surface area (Å²) in [5.41, 5.74) is 1.22. The van der Waals surface area contributed by atoms with Crippen molar-refractivity contribution in [3.05, 3.63) is 29.8 Å². The van der Waals surface area contributed by atoms with E-state index in [2.05, 4.69) is 12.6 Å². The van der Waals surface area contributed by atoms with Crippen molar-refractivity contribution in [2.75, 3.05) is 5.75 Å². The van der Waals surface area contributed by atoms with Gasteiger partial charge in [0.15, 0.2) is 0 Å². The van der Waals surface area contributed by atoms with E-state index in [1.54, 1.807) is 12.1 Å². The van der Waals surface area contributed by atoms with Gasteiger partial charge < -0.3 is 5.11 Å². The van der Waals surface area contributed by atoms with E-state index in [0.29, 0.717) is 5.75 Å². The normalized spacial score (nSPS) is 9.70. The number of hydrogen-bond donors (Lipinski definition) is 2. The highest BCUT2D eigenvalue weighted by molar-refractivity contribution is 7.80. The summed E-state index contributed by atoms with van der Waals surface area (Å²) in [6, 6.07) is 7.20. The lowest BCUT2D eigenvalue weighted by atomic mass is 10.2. The van der Waals surface area contributed by atoms with E-state index in [-0.39, 0.29) is 0 Å². The molecule has 2 heteroatoms. The first kappa shape index (κ1) is 7.48. The van der Waals surface area contributed by atoms with E-state index >= 15 is 0 Å². The van der Waals surface area contributed by atoms with Gasteiger partial charge in [-0.3, -0.25) is 0 Å². The van der Waals surface area contributed by atoms with Crippen LogP contribution in [0, 0.1) is 0 Å². The Morgan fingerprint density at radius 2 is 1.80 bits per heavy atom. The third-order valence-electron chi connectivity index (χ3n) is 1.34. The molecular weight excluding hydrogens is 144 g/mol. The lowest BCUT2D eigenvalue weighted by molar-refractivity contribution is 0.475. The van der Waals surface area contributed by atoms with Gasteiger partial charge >= 0.3 is 0 Å². The van der Waals surface area contributed by atoms with Crippen LogP contribution in [0.25, 0.3) is 0 Å². The molecule has 0 spiro atoms. The van der Waals surface area contributed by atoms with E-state index in [0.717, 1.165) is 12.2 Å². The number of aryl methyl sites for hydroxylation is 1. The van der Waals surface area contributed by atoms with Crippen molar-refractivity contribution in [1.82, 2.24) is 0 Å². The maximum Gasteiger partial charge on any atom is 0.115 e. The summed E-state index contributed by atoms with van der Waals surface area (Å²) >= 11 is 4.10. The Balaban J connectivity index is 2.69. The molecular formula is C8H10OS. The van der Waals surface area contributed by atoms with Crippen LogP contribution in [0.2, 0.25) is 0 Å². The first-order valence-electron chi connectivity index (χ1n) is 3.21. The van der Waals surface area contributed by atoms with Gasteiger partial charge in [0.05, 0.1) is 0 Å². The van der Waals surface area contributed by atoms with Gasteiger partial charge in [0.25, 0.3) is 0 Å². The fraction of sp³-hybridized carbons (Fsp3) is 0.250. The topological polar surface area (TPSA) is 20.2 Å². The van der Waals surface area contributed by atoms with Crippen LogP contribution in [0.1, 0.15) is 5.56 Å². The van der Waals surface area contributed by atoms with Crippen LogP contribution in [-0.4, -0.2) is 10.9 Å². The molecule has 0 aliphatic heterocycles. The standard InChI is InChI=1S/C8H10OS/c9-8-3-1-7(2-4-8)5-6-10/h1-4,9-10H,5-6H2. The monoisotopic (exact) mass is 154 g/mol. The molecule has 0 aliphatic rings. The lowest BCUT2D eigenvalue weighted by Crippen LogP contribution is -1.83. The number of phenols is 1. The molecule has 0 bridgehead atoms. The maximum absolute atomic E-state index is 8.91. The first-order chi connectivity index (χ1) is 4.83. The van der Waals surface area contributed by atoms with Crippen molar-refractivity contribution in [3.63, 3.8) is 0 Å². The summed E-state index contributed by atoms with van der Waals surface area (Å²) in [5.74, 6) is 1.17. The van der Waals surface area contributed by atoms with Crippen LogP contribution in [0.15, 0.2) is 24.3 Å². The molecule has 54 valence electrons. The molecule has 1 aromatic rings. The van der Waals surface area contributed by atoms with Gasteiger partial charge in [-0.15, -0.1) is 0 Å². The van der Waals surface area contributed by atoms with Crippen molar-refractivity contribution in [2.24, 2.45) is 0 Å². The molecule has 0 radical (unpaired) electrons. The second-order valence-corrected chi connectivity index (χ2v) is 2.59. The molecule has 0 amide bonds. The number of hydrogen-bond acceptors (Lipinski definition) is 2. The van der Waals surface area contributed by atoms with Crippen molar-refractivity contribution >= 4 is 12.6 Å². The Bertz CT molecular complexity index is 193. The molecule has 0 aliphatic carbocycles. The number of rotatable bonds is 2. The molecule has 0 unspecified atom stereocenters. The maximum atomic E-state index is 8.91. The molecule has 10 heavy (non-hydrogen) atoms. The molecule has 1 aromatic carbocycles. The highest BCUT2D eigenvalue weighted by atomic mass is 32.1. The number of thiol groups is 1. The third-order valence-corrected chi connectivity index (χ3v) is 1.56. The molecule has 0 saturated heterocycles. The van der Waals surface area contributed by atoms with Crippen LogP contribution in [0.4, 0.5) is 0 Å². The minimum Gasteiger partial charge on any atom is -0.508 e. The highest BCUT2D eigenvalue weighted by Gasteiger charge is 1.89. The average Bonchev–Trinajstić information content (AvgIpc) is 1.95. The molecule has 0 fully saturated rings. The number of phenolic OH excluding ortho intramolecular Hbond substituents is 1. The quantitative estimate of drug-likeness (QED) is 0.623. The van der Waals surface area contributed by atoms with Gasteiger partial charge in [-0.05, 0) is 29.9 Å². The zero-order valence-electron chi connectivity index (χ0n) is 5.62. The van der Waals surface area contributed by atoms with Gasteiger partial charge in [-0.2, -0.15) is 12.6 Å². The van der Waals surface area contributed by atoms with E-state index in [9.17, 15) is 0 Å². The minimum atomic E-state index is 0.322. The summed E-state index contributed by atoms with van der Waals surface area (Å²) < 4.78 is 0. The Labute approximate surface area is 66.1 Å². The summed E-state index contributed by atoms with van der Waals surface area (Å²) in [7, 11) is 0. The average molecular weight is 154 g/mol. The highest BCUT2D eigenvalue weighted by Crippen LogP contribution is 2.09. The predicted molar refractivity (Wildman–Crippen MR) is 45.7 cm³/mol. The third kappa shape index (κ3) is 1.95. The van der Waals surface area contributed by atoms with Gasteiger partial charge in [-0.1, -0.05) is 12.1 Å². The smallest absolute Gasteiger partial charge is 0.115 e. The molecule has 0 atom stereocenters. The fourth-order valence-electron chi connectivity index (χ4n) is 0.792. The van der Waals surface area contributed by atoms with Crippen LogP contribution >= 0.6 is 12.6 Å².